The van der Waals surface area contributed by atoms with Crippen LogP contribution >= 0.6 is 12.2 Å². The molecule has 1 heterocycles. The number of rotatable bonds is 8. The largest absolute Gasteiger partial charge is 0.475 e. The zero-order valence-corrected chi connectivity index (χ0v) is 11.5. The summed E-state index contributed by atoms with van der Waals surface area (Å²) >= 11 is 4.94. The highest BCUT2D eigenvalue weighted by Crippen LogP contribution is 2.15. The Kier molecular flexibility index (Phi) is 6.56. The average Bonchev–Trinajstić information content (AvgIpc) is 2.33. The van der Waals surface area contributed by atoms with Crippen molar-refractivity contribution in [3.63, 3.8) is 0 Å². The van der Waals surface area contributed by atoms with Crippen LogP contribution in [0.2, 0.25) is 0 Å². The maximum absolute atomic E-state index is 5.60. The van der Waals surface area contributed by atoms with Crippen molar-refractivity contribution in [2.75, 3.05) is 33.5 Å². The molecule has 18 heavy (non-hydrogen) atoms. The molecule has 0 spiro atoms. The third-order valence-corrected chi connectivity index (χ3v) is 2.38. The standard InChI is InChI=1S/C12H18N2O3S/c1-9-3-4-10(11(13)18)12(14-9)17-8-7-16-6-5-15-2/h3-4H,5-8H2,1-2H3,(H2,13,18). The van der Waals surface area contributed by atoms with Crippen LogP contribution in [0.4, 0.5) is 0 Å². The van der Waals surface area contributed by atoms with Crippen molar-refractivity contribution < 1.29 is 14.2 Å². The van der Waals surface area contributed by atoms with Crippen molar-refractivity contribution in [1.29, 1.82) is 0 Å². The number of aromatic nitrogens is 1. The van der Waals surface area contributed by atoms with Crippen LogP contribution in [0.1, 0.15) is 11.3 Å². The van der Waals surface area contributed by atoms with Crippen LogP contribution in [0, 0.1) is 6.92 Å². The van der Waals surface area contributed by atoms with E-state index in [9.17, 15) is 0 Å². The Labute approximate surface area is 112 Å². The van der Waals surface area contributed by atoms with Crippen LogP contribution in [-0.2, 0) is 9.47 Å². The van der Waals surface area contributed by atoms with Crippen LogP contribution in [0.25, 0.3) is 0 Å². The molecule has 0 bridgehead atoms. The number of hydrogen-bond donors (Lipinski definition) is 1. The van der Waals surface area contributed by atoms with Crippen molar-refractivity contribution in [3.05, 3.63) is 23.4 Å². The van der Waals surface area contributed by atoms with E-state index in [0.29, 0.717) is 37.9 Å². The first-order valence-electron chi connectivity index (χ1n) is 5.62. The number of hydrogen-bond acceptors (Lipinski definition) is 5. The van der Waals surface area contributed by atoms with Gasteiger partial charge >= 0.3 is 0 Å². The molecule has 0 amide bonds. The van der Waals surface area contributed by atoms with Gasteiger partial charge in [0.1, 0.15) is 11.6 Å². The van der Waals surface area contributed by atoms with E-state index >= 15 is 0 Å². The van der Waals surface area contributed by atoms with Crippen molar-refractivity contribution in [2.45, 2.75) is 6.92 Å². The van der Waals surface area contributed by atoms with Crippen molar-refractivity contribution >= 4 is 17.2 Å². The number of ether oxygens (including phenoxy) is 3. The van der Waals surface area contributed by atoms with Crippen LogP contribution in [0.5, 0.6) is 5.88 Å². The third kappa shape index (κ3) is 4.95. The summed E-state index contributed by atoms with van der Waals surface area (Å²) in [6.07, 6.45) is 0. The Bertz CT molecular complexity index is 399. The molecule has 0 aliphatic rings. The second-order valence-electron chi connectivity index (χ2n) is 3.62. The topological polar surface area (TPSA) is 66.6 Å². The lowest BCUT2D eigenvalue weighted by molar-refractivity contribution is 0.0536. The summed E-state index contributed by atoms with van der Waals surface area (Å²) in [4.78, 5) is 4.53. The van der Waals surface area contributed by atoms with E-state index in [0.717, 1.165) is 5.69 Å². The lowest BCUT2D eigenvalue weighted by atomic mass is 10.2. The first kappa shape index (κ1) is 14.8. The first-order chi connectivity index (χ1) is 8.65. The normalized spacial score (nSPS) is 10.3. The maximum Gasteiger partial charge on any atom is 0.224 e. The molecule has 100 valence electrons. The Balaban J connectivity index is 2.45. The molecule has 1 aromatic heterocycles. The van der Waals surface area contributed by atoms with Gasteiger partial charge in [0.15, 0.2) is 0 Å². The monoisotopic (exact) mass is 270 g/mol. The van der Waals surface area contributed by atoms with Gasteiger partial charge < -0.3 is 19.9 Å². The second-order valence-corrected chi connectivity index (χ2v) is 4.06. The fourth-order valence-corrected chi connectivity index (χ4v) is 1.43. The Morgan fingerprint density at radius 2 is 2.00 bits per heavy atom. The SMILES string of the molecule is COCCOCCOc1nc(C)ccc1C(N)=S. The second kappa shape index (κ2) is 7.97. The van der Waals surface area contributed by atoms with Gasteiger partial charge in [0, 0.05) is 12.8 Å². The molecule has 5 nitrogen and oxygen atoms in total. The molecule has 0 fully saturated rings. The minimum Gasteiger partial charge on any atom is -0.475 e. The molecule has 0 aliphatic carbocycles. The molecule has 1 rings (SSSR count). The highest BCUT2D eigenvalue weighted by Gasteiger charge is 2.08. The van der Waals surface area contributed by atoms with Gasteiger partial charge in [0.05, 0.1) is 25.4 Å². The zero-order chi connectivity index (χ0) is 13.4. The molecule has 0 radical (unpaired) electrons. The van der Waals surface area contributed by atoms with E-state index in [4.69, 9.17) is 32.2 Å². The van der Waals surface area contributed by atoms with E-state index < -0.39 is 0 Å². The van der Waals surface area contributed by atoms with E-state index in [1.807, 2.05) is 19.1 Å². The molecule has 0 unspecified atom stereocenters. The van der Waals surface area contributed by atoms with Crippen LogP contribution < -0.4 is 10.5 Å². The Hall–Kier alpha value is -1.24. The molecule has 0 aromatic carbocycles. The third-order valence-electron chi connectivity index (χ3n) is 2.16. The molecular formula is C12H18N2O3S. The number of methoxy groups -OCH3 is 1. The number of nitrogens with two attached hydrogens (primary N) is 1. The zero-order valence-electron chi connectivity index (χ0n) is 10.6. The summed E-state index contributed by atoms with van der Waals surface area (Å²) in [5.74, 6) is 0.456. The average molecular weight is 270 g/mol. The number of thiocarbonyl (C=S) groups is 1. The summed E-state index contributed by atoms with van der Waals surface area (Å²) in [5, 5.41) is 0. The first-order valence-corrected chi connectivity index (χ1v) is 6.03. The molecule has 0 aliphatic heterocycles. The van der Waals surface area contributed by atoms with Crippen LogP contribution in [0.15, 0.2) is 12.1 Å². The number of aryl methyl sites for hydroxylation is 1. The molecule has 6 heteroatoms. The summed E-state index contributed by atoms with van der Waals surface area (Å²) < 4.78 is 15.7. The summed E-state index contributed by atoms with van der Waals surface area (Å²) in [6.45, 7) is 3.86. The van der Waals surface area contributed by atoms with Gasteiger partial charge in [0.25, 0.3) is 0 Å². The summed E-state index contributed by atoms with van der Waals surface area (Å²) in [7, 11) is 1.63. The molecule has 0 saturated heterocycles. The van der Waals surface area contributed by atoms with Gasteiger partial charge in [-0.2, -0.15) is 0 Å². The molecule has 2 N–H and O–H groups in total. The summed E-state index contributed by atoms with van der Waals surface area (Å²) in [5.41, 5.74) is 7.10. The van der Waals surface area contributed by atoms with Gasteiger partial charge in [0.2, 0.25) is 5.88 Å². The van der Waals surface area contributed by atoms with Gasteiger partial charge in [-0.3, -0.25) is 0 Å². The van der Waals surface area contributed by atoms with Crippen LogP contribution in [0.3, 0.4) is 0 Å². The van der Waals surface area contributed by atoms with E-state index in [1.54, 1.807) is 7.11 Å². The quantitative estimate of drug-likeness (QED) is 0.563. The summed E-state index contributed by atoms with van der Waals surface area (Å²) in [6, 6.07) is 3.65. The van der Waals surface area contributed by atoms with Gasteiger partial charge in [-0.25, -0.2) is 4.98 Å². The fourth-order valence-electron chi connectivity index (χ4n) is 1.27. The fraction of sp³-hybridized carbons (Fsp3) is 0.500. The lowest BCUT2D eigenvalue weighted by Gasteiger charge is -2.10. The van der Waals surface area contributed by atoms with Crippen molar-refractivity contribution in [1.82, 2.24) is 4.98 Å². The number of nitrogens with zero attached hydrogens (tertiary/aromatic N) is 1. The molecular weight excluding hydrogens is 252 g/mol. The predicted octanol–water partition coefficient (Wildman–Crippen LogP) is 1.07. The Morgan fingerprint density at radius 1 is 1.28 bits per heavy atom. The maximum atomic E-state index is 5.60. The Morgan fingerprint density at radius 3 is 2.67 bits per heavy atom. The molecule has 0 atom stereocenters. The predicted molar refractivity (Wildman–Crippen MR) is 73.1 cm³/mol. The van der Waals surface area contributed by atoms with Crippen LogP contribution in [-0.4, -0.2) is 43.5 Å². The van der Waals surface area contributed by atoms with Crippen molar-refractivity contribution in [3.8, 4) is 5.88 Å². The van der Waals surface area contributed by atoms with E-state index in [-0.39, 0.29) is 4.99 Å². The van der Waals surface area contributed by atoms with Crippen molar-refractivity contribution in [2.24, 2.45) is 5.73 Å². The minimum absolute atomic E-state index is 0.276. The van der Waals surface area contributed by atoms with E-state index in [2.05, 4.69) is 4.98 Å². The van der Waals surface area contributed by atoms with Gasteiger partial charge in [-0.05, 0) is 19.1 Å². The van der Waals surface area contributed by atoms with Gasteiger partial charge in [-0.1, -0.05) is 12.2 Å². The molecule has 1 aromatic rings. The van der Waals surface area contributed by atoms with E-state index in [1.165, 1.54) is 0 Å². The highest BCUT2D eigenvalue weighted by molar-refractivity contribution is 7.80. The smallest absolute Gasteiger partial charge is 0.224 e. The van der Waals surface area contributed by atoms with Gasteiger partial charge in [-0.15, -0.1) is 0 Å². The lowest BCUT2D eigenvalue weighted by Crippen LogP contribution is -2.15. The number of pyridine rings is 1. The molecule has 0 saturated carbocycles. The minimum atomic E-state index is 0.276. The highest BCUT2D eigenvalue weighted by atomic mass is 32.1.